The first-order chi connectivity index (χ1) is 8.75. The first-order valence-electron chi connectivity index (χ1n) is 5.81. The lowest BCUT2D eigenvalue weighted by atomic mass is 10.1. The van der Waals surface area contributed by atoms with Crippen LogP contribution in [0.4, 0.5) is 0 Å². The summed E-state index contributed by atoms with van der Waals surface area (Å²) in [6.45, 7) is 2.12. The molecule has 5 nitrogen and oxygen atoms in total. The molecule has 0 aliphatic heterocycles. The minimum absolute atomic E-state index is 0.190. The van der Waals surface area contributed by atoms with E-state index in [0.29, 0.717) is 18.7 Å². The van der Waals surface area contributed by atoms with E-state index in [2.05, 4.69) is 14.9 Å². The van der Waals surface area contributed by atoms with Gasteiger partial charge in [-0.05, 0) is 19.4 Å². The van der Waals surface area contributed by atoms with Gasteiger partial charge in [-0.2, -0.15) is 0 Å². The van der Waals surface area contributed by atoms with E-state index < -0.39 is 0 Å². The van der Waals surface area contributed by atoms with E-state index in [1.54, 1.807) is 0 Å². The number of Topliss-reactive ketones (excluding diaryl/α,β-unsaturated/α-hetero) is 1. The van der Waals surface area contributed by atoms with Crippen molar-refractivity contribution < 1.29 is 14.2 Å². The molecule has 0 radical (unpaired) electrons. The molecular weight excluding hydrogens is 232 g/mol. The number of rotatable bonds is 3. The highest BCUT2D eigenvalue weighted by Gasteiger charge is 2.22. The molecule has 0 saturated carbocycles. The van der Waals surface area contributed by atoms with Crippen molar-refractivity contribution in [3.63, 3.8) is 0 Å². The van der Waals surface area contributed by atoms with Crippen molar-refractivity contribution in [3.05, 3.63) is 40.7 Å². The zero-order valence-corrected chi connectivity index (χ0v) is 9.97. The van der Waals surface area contributed by atoms with Gasteiger partial charge in [-0.1, -0.05) is 22.4 Å². The number of carbonyl (C=O) groups is 1. The first kappa shape index (κ1) is 11.0. The summed E-state index contributed by atoms with van der Waals surface area (Å²) in [4.78, 5) is 11.6. The Morgan fingerprint density at radius 1 is 1.33 bits per heavy atom. The Hall–Kier alpha value is -2.17. The van der Waals surface area contributed by atoms with Crippen molar-refractivity contribution in [2.75, 3.05) is 0 Å². The molecule has 2 aromatic rings. The third-order valence-corrected chi connectivity index (χ3v) is 3.15. The number of aryl methyl sites for hydroxylation is 1. The van der Waals surface area contributed by atoms with E-state index in [9.17, 15) is 4.79 Å². The Labute approximate surface area is 104 Å². The van der Waals surface area contributed by atoms with Crippen molar-refractivity contribution in [1.29, 1.82) is 0 Å². The summed E-state index contributed by atoms with van der Waals surface area (Å²) >= 11 is 0. The minimum atomic E-state index is 0.190. The molecule has 0 amide bonds. The molecular formula is C13H12N2O3. The van der Waals surface area contributed by atoms with Gasteiger partial charge in [0.15, 0.2) is 5.78 Å². The van der Waals surface area contributed by atoms with Crippen LogP contribution < -0.4 is 4.74 Å². The number of ether oxygens (including phenoxy) is 1. The Bertz CT molecular complexity index is 604. The van der Waals surface area contributed by atoms with Crippen molar-refractivity contribution >= 4 is 5.78 Å². The second kappa shape index (κ2) is 4.25. The maximum Gasteiger partial charge on any atom is 0.163 e. The van der Waals surface area contributed by atoms with Gasteiger partial charge in [0.2, 0.25) is 0 Å². The predicted octanol–water partition coefficient (Wildman–Crippen LogP) is 2.09. The number of hydrogen-bond donors (Lipinski definition) is 0. The highest BCUT2D eigenvalue weighted by molar-refractivity contribution is 6.01. The van der Waals surface area contributed by atoms with Crippen molar-refractivity contribution in [3.8, 4) is 5.75 Å². The normalized spacial score (nSPS) is 13.7. The lowest BCUT2D eigenvalue weighted by molar-refractivity contribution is 0.0994. The molecule has 0 spiro atoms. The Balaban J connectivity index is 1.82. The van der Waals surface area contributed by atoms with Gasteiger partial charge in [0, 0.05) is 17.5 Å². The van der Waals surface area contributed by atoms with E-state index in [1.165, 1.54) is 0 Å². The summed E-state index contributed by atoms with van der Waals surface area (Å²) in [5, 5.41) is 7.45. The molecule has 0 N–H and O–H groups in total. The molecule has 1 heterocycles. The van der Waals surface area contributed by atoms with Crippen LogP contribution in [0.5, 0.6) is 5.75 Å². The van der Waals surface area contributed by atoms with E-state index in [1.807, 2.05) is 25.1 Å². The van der Waals surface area contributed by atoms with Crippen molar-refractivity contribution in [2.24, 2.45) is 0 Å². The van der Waals surface area contributed by atoms with Crippen LogP contribution in [0.3, 0.4) is 0 Å². The summed E-state index contributed by atoms with van der Waals surface area (Å²) in [5.41, 5.74) is 3.18. The third kappa shape index (κ3) is 1.77. The van der Waals surface area contributed by atoms with Crippen molar-refractivity contribution in [2.45, 2.75) is 26.4 Å². The van der Waals surface area contributed by atoms with E-state index in [-0.39, 0.29) is 5.78 Å². The van der Waals surface area contributed by atoms with Crippen LogP contribution in [0.2, 0.25) is 0 Å². The molecule has 0 atom stereocenters. The topological polar surface area (TPSA) is 65.2 Å². The highest BCUT2D eigenvalue weighted by Crippen LogP contribution is 2.30. The van der Waals surface area contributed by atoms with Gasteiger partial charge in [-0.3, -0.25) is 4.79 Å². The molecule has 0 bridgehead atoms. The average molecular weight is 244 g/mol. The number of hydrogen-bond acceptors (Lipinski definition) is 5. The van der Waals surface area contributed by atoms with Crippen LogP contribution in [-0.4, -0.2) is 16.1 Å². The first-order valence-corrected chi connectivity index (χ1v) is 5.81. The largest absolute Gasteiger partial charge is 0.487 e. The number of fused-ring (bicyclic) bond motifs is 1. The molecule has 3 rings (SSSR count). The molecule has 18 heavy (non-hydrogen) atoms. The smallest absolute Gasteiger partial charge is 0.163 e. The Morgan fingerprint density at radius 3 is 3.00 bits per heavy atom. The monoisotopic (exact) mass is 244 g/mol. The summed E-state index contributed by atoms with van der Waals surface area (Å²) < 4.78 is 10.3. The summed E-state index contributed by atoms with van der Waals surface area (Å²) in [6.07, 6.45) is 1.32. The maximum atomic E-state index is 11.6. The predicted molar refractivity (Wildman–Crippen MR) is 62.5 cm³/mol. The molecule has 1 aromatic heterocycles. The number of ketones is 1. The third-order valence-electron chi connectivity index (χ3n) is 3.15. The summed E-state index contributed by atoms with van der Waals surface area (Å²) in [7, 11) is 0. The van der Waals surface area contributed by atoms with Gasteiger partial charge in [0.05, 0.1) is 0 Å². The number of aromatic nitrogens is 2. The second-order valence-electron chi connectivity index (χ2n) is 4.29. The molecule has 5 heteroatoms. The number of nitrogens with zero attached hydrogens (tertiary/aromatic N) is 2. The van der Waals surface area contributed by atoms with Crippen LogP contribution in [0.1, 0.15) is 33.7 Å². The van der Waals surface area contributed by atoms with Crippen molar-refractivity contribution in [1.82, 2.24) is 10.3 Å². The van der Waals surface area contributed by atoms with Crippen LogP contribution in [0.25, 0.3) is 0 Å². The van der Waals surface area contributed by atoms with Gasteiger partial charge in [0.25, 0.3) is 0 Å². The quantitative estimate of drug-likeness (QED) is 0.827. The molecule has 0 unspecified atom stereocenters. The minimum Gasteiger partial charge on any atom is -0.487 e. The Kier molecular flexibility index (Phi) is 2.59. The maximum absolute atomic E-state index is 11.6. The zero-order chi connectivity index (χ0) is 12.5. The zero-order valence-electron chi connectivity index (χ0n) is 9.97. The lowest BCUT2D eigenvalue weighted by Crippen LogP contribution is -2.00. The average Bonchev–Trinajstić information content (AvgIpc) is 2.95. The van der Waals surface area contributed by atoms with Crippen LogP contribution >= 0.6 is 0 Å². The molecule has 0 saturated heterocycles. The molecule has 1 aliphatic rings. The standard InChI is InChI=1S/C13H12N2O3/c1-8-11(15-18-14-8)7-17-13-4-2-3-9-10(13)5-6-12(9)16/h2-4H,5-7H2,1H3. The fourth-order valence-corrected chi connectivity index (χ4v) is 2.12. The van der Waals surface area contributed by atoms with E-state index >= 15 is 0 Å². The lowest BCUT2D eigenvalue weighted by Gasteiger charge is -2.08. The molecule has 0 fully saturated rings. The summed E-state index contributed by atoms with van der Waals surface area (Å²) in [6, 6.07) is 5.56. The van der Waals surface area contributed by atoms with Crippen LogP contribution in [-0.2, 0) is 13.0 Å². The van der Waals surface area contributed by atoms with Crippen LogP contribution in [0.15, 0.2) is 22.8 Å². The van der Waals surface area contributed by atoms with Gasteiger partial charge in [-0.25, -0.2) is 4.63 Å². The van der Waals surface area contributed by atoms with Gasteiger partial charge >= 0.3 is 0 Å². The highest BCUT2D eigenvalue weighted by atomic mass is 16.6. The Morgan fingerprint density at radius 2 is 2.22 bits per heavy atom. The molecule has 1 aromatic carbocycles. The number of carbonyl (C=O) groups excluding carboxylic acids is 1. The van der Waals surface area contributed by atoms with Gasteiger partial charge < -0.3 is 4.74 Å². The fourth-order valence-electron chi connectivity index (χ4n) is 2.12. The fraction of sp³-hybridized carbons (Fsp3) is 0.308. The van der Waals surface area contributed by atoms with E-state index in [4.69, 9.17) is 4.74 Å². The summed E-state index contributed by atoms with van der Waals surface area (Å²) in [5.74, 6) is 0.940. The number of benzene rings is 1. The molecule has 1 aliphatic carbocycles. The second-order valence-corrected chi connectivity index (χ2v) is 4.29. The van der Waals surface area contributed by atoms with E-state index in [0.717, 1.165) is 29.0 Å². The molecule has 92 valence electrons. The SMILES string of the molecule is Cc1nonc1COc1cccc2c1CCC2=O. The van der Waals surface area contributed by atoms with Crippen LogP contribution in [0, 0.1) is 6.92 Å². The van der Waals surface area contributed by atoms with Gasteiger partial charge in [-0.15, -0.1) is 0 Å². The van der Waals surface area contributed by atoms with Gasteiger partial charge in [0.1, 0.15) is 23.7 Å².